The van der Waals surface area contributed by atoms with Gasteiger partial charge in [-0.05, 0) is 52.8 Å². The predicted octanol–water partition coefficient (Wildman–Crippen LogP) is 3.02. The van der Waals surface area contributed by atoms with Gasteiger partial charge in [0.2, 0.25) is 0 Å². The van der Waals surface area contributed by atoms with Crippen molar-refractivity contribution >= 4 is 40.6 Å². The second kappa shape index (κ2) is 5.80. The summed E-state index contributed by atoms with van der Waals surface area (Å²) in [6.45, 7) is 0.157. The zero-order valence-corrected chi connectivity index (χ0v) is 12.5. The summed E-state index contributed by atoms with van der Waals surface area (Å²) in [6.07, 6.45) is -0.708. The summed E-state index contributed by atoms with van der Waals surface area (Å²) in [6, 6.07) is 6.86. The molecular weight excluding hydrogens is 308 g/mol. The third-order valence-electron chi connectivity index (χ3n) is 3.07. The van der Waals surface area contributed by atoms with E-state index in [0.29, 0.717) is 11.1 Å². The number of aromatic amines is 1. The summed E-state index contributed by atoms with van der Waals surface area (Å²) >= 11 is 6.40. The molecule has 3 N–H and O–H groups in total. The van der Waals surface area contributed by atoms with Gasteiger partial charge in [-0.15, -0.1) is 0 Å². The van der Waals surface area contributed by atoms with Crippen LogP contribution in [0.1, 0.15) is 22.0 Å². The van der Waals surface area contributed by atoms with Crippen molar-refractivity contribution in [3.63, 3.8) is 0 Å². The van der Waals surface area contributed by atoms with Crippen LogP contribution in [0.4, 0.5) is 0 Å². The molecule has 0 fully saturated rings. The maximum absolute atomic E-state index is 12.1. The smallest absolute Gasteiger partial charge is 0.266 e. The Hall–Kier alpha value is -1.96. The van der Waals surface area contributed by atoms with Gasteiger partial charge >= 0.3 is 0 Å². The Morgan fingerprint density at radius 3 is 3.10 bits per heavy atom. The number of hydrogen-bond acceptors (Lipinski definition) is 5. The van der Waals surface area contributed by atoms with Crippen molar-refractivity contribution in [1.29, 1.82) is 0 Å². The maximum Gasteiger partial charge on any atom is 0.266 e. The highest BCUT2D eigenvalue weighted by Crippen LogP contribution is 2.17. The zero-order valence-electron chi connectivity index (χ0n) is 10.8. The molecule has 0 aliphatic rings. The number of H-pyrrole nitrogens is 1. The first kappa shape index (κ1) is 14.0. The van der Waals surface area contributed by atoms with E-state index < -0.39 is 6.10 Å². The van der Waals surface area contributed by atoms with Gasteiger partial charge in [0.15, 0.2) is 5.58 Å². The van der Waals surface area contributed by atoms with Gasteiger partial charge in [0.25, 0.3) is 10.7 Å². The fourth-order valence-corrected chi connectivity index (χ4v) is 2.87. The van der Waals surface area contributed by atoms with Crippen LogP contribution < -0.4 is 5.32 Å². The van der Waals surface area contributed by atoms with Gasteiger partial charge < -0.3 is 19.8 Å². The molecule has 108 valence electrons. The van der Waals surface area contributed by atoms with Crippen LogP contribution in [-0.2, 0) is 0 Å². The quantitative estimate of drug-likeness (QED) is 0.646. The normalized spacial score (nSPS) is 12.4. The molecule has 3 aromatic rings. The Morgan fingerprint density at radius 2 is 2.33 bits per heavy atom. The van der Waals surface area contributed by atoms with Gasteiger partial charge in [-0.3, -0.25) is 4.79 Å². The lowest BCUT2D eigenvalue weighted by Gasteiger charge is -2.10. The number of aromatic nitrogens is 1. The van der Waals surface area contributed by atoms with Crippen molar-refractivity contribution in [3.8, 4) is 0 Å². The number of fused-ring (bicyclic) bond motifs is 1. The van der Waals surface area contributed by atoms with Crippen molar-refractivity contribution in [1.82, 2.24) is 10.3 Å². The monoisotopic (exact) mass is 320 g/mol. The highest BCUT2D eigenvalue weighted by atomic mass is 32.1. The van der Waals surface area contributed by atoms with E-state index in [1.165, 1.54) is 11.3 Å². The molecule has 0 aliphatic carbocycles. The third kappa shape index (κ3) is 3.05. The topological polar surface area (TPSA) is 78.3 Å². The fraction of sp³-hybridized carbons (Fsp3) is 0.143. The number of aliphatic hydroxyl groups excluding tert-OH is 1. The number of carbonyl (C=O) groups excluding carboxylic acids is 1. The first-order valence-corrected chi connectivity index (χ1v) is 7.60. The van der Waals surface area contributed by atoms with Crippen LogP contribution in [0.2, 0.25) is 0 Å². The summed E-state index contributed by atoms with van der Waals surface area (Å²) in [7, 11) is 0. The Balaban J connectivity index is 1.70. The molecule has 1 aromatic carbocycles. The average Bonchev–Trinajstić information content (AvgIpc) is 3.11. The van der Waals surface area contributed by atoms with Gasteiger partial charge in [0.1, 0.15) is 0 Å². The number of nitrogens with one attached hydrogen (secondary N) is 2. The van der Waals surface area contributed by atoms with E-state index in [1.54, 1.807) is 18.2 Å². The predicted molar refractivity (Wildman–Crippen MR) is 83.0 cm³/mol. The van der Waals surface area contributed by atoms with Crippen molar-refractivity contribution in [2.45, 2.75) is 6.10 Å². The number of hydrogen-bond donors (Lipinski definition) is 3. The average molecular weight is 320 g/mol. The number of aliphatic hydroxyl groups is 1. The summed E-state index contributed by atoms with van der Waals surface area (Å²) in [5.74, 6) is -0.270. The fourth-order valence-electron chi connectivity index (χ4n) is 1.96. The molecule has 0 bridgehead atoms. The summed E-state index contributed by atoms with van der Waals surface area (Å²) in [5, 5.41) is 16.4. The van der Waals surface area contributed by atoms with Crippen LogP contribution >= 0.6 is 23.6 Å². The Kier molecular flexibility index (Phi) is 3.87. The lowest BCUT2D eigenvalue weighted by Crippen LogP contribution is -2.28. The number of amides is 1. The molecule has 1 unspecified atom stereocenters. The van der Waals surface area contributed by atoms with Gasteiger partial charge in [0, 0.05) is 12.1 Å². The minimum absolute atomic E-state index is 0.157. The van der Waals surface area contributed by atoms with Crippen LogP contribution in [0.25, 0.3) is 11.1 Å². The van der Waals surface area contributed by atoms with Crippen LogP contribution in [0.15, 0.2) is 39.4 Å². The first-order chi connectivity index (χ1) is 10.1. The van der Waals surface area contributed by atoms with E-state index in [0.717, 1.165) is 11.1 Å². The highest BCUT2D eigenvalue weighted by molar-refractivity contribution is 7.71. The number of rotatable bonds is 4. The van der Waals surface area contributed by atoms with Crippen molar-refractivity contribution in [2.75, 3.05) is 6.54 Å². The molecule has 0 saturated heterocycles. The van der Waals surface area contributed by atoms with E-state index >= 15 is 0 Å². The molecule has 3 rings (SSSR count). The molecule has 0 saturated carbocycles. The Labute approximate surface area is 129 Å². The largest absolute Gasteiger partial charge is 0.429 e. The van der Waals surface area contributed by atoms with Crippen LogP contribution in [0, 0.1) is 4.84 Å². The second-order valence-corrected chi connectivity index (χ2v) is 5.66. The van der Waals surface area contributed by atoms with Gasteiger partial charge in [-0.1, -0.05) is 0 Å². The van der Waals surface area contributed by atoms with Crippen molar-refractivity contribution in [3.05, 3.63) is 51.0 Å². The lowest BCUT2D eigenvalue weighted by atomic mass is 10.1. The van der Waals surface area contributed by atoms with E-state index in [1.807, 2.05) is 16.8 Å². The molecule has 2 heterocycles. The van der Waals surface area contributed by atoms with E-state index in [2.05, 4.69) is 10.3 Å². The van der Waals surface area contributed by atoms with Gasteiger partial charge in [-0.25, -0.2) is 0 Å². The van der Waals surface area contributed by atoms with E-state index in [9.17, 15) is 9.90 Å². The van der Waals surface area contributed by atoms with Gasteiger partial charge in [0.05, 0.1) is 11.6 Å². The van der Waals surface area contributed by atoms with E-state index in [-0.39, 0.29) is 17.3 Å². The second-order valence-electron chi connectivity index (χ2n) is 4.51. The molecule has 2 aromatic heterocycles. The molecule has 7 heteroatoms. The minimum Gasteiger partial charge on any atom is -0.429 e. The Bertz CT molecular complexity index is 820. The SMILES string of the molecule is O=C(NCC(O)c1ccsc1)c1ccc2[nH]c(=S)oc2c1. The Morgan fingerprint density at radius 1 is 1.48 bits per heavy atom. The standard InChI is InChI=1S/C14H12N2O3S2/c17-11(9-3-4-21-7-9)6-15-13(18)8-1-2-10-12(5-8)19-14(20)16-10/h1-5,7,11,17H,6H2,(H,15,18)(H,16,20). The highest BCUT2D eigenvalue weighted by Gasteiger charge is 2.12. The molecule has 0 spiro atoms. The van der Waals surface area contributed by atoms with Crippen LogP contribution in [0.5, 0.6) is 0 Å². The third-order valence-corrected chi connectivity index (χ3v) is 3.95. The van der Waals surface area contributed by atoms with Crippen LogP contribution in [0.3, 0.4) is 0 Å². The molecule has 5 nitrogen and oxygen atoms in total. The summed E-state index contributed by atoms with van der Waals surface area (Å²) in [4.78, 5) is 15.2. The molecule has 1 amide bonds. The number of carbonyl (C=O) groups is 1. The molecule has 0 aliphatic heterocycles. The first-order valence-electron chi connectivity index (χ1n) is 6.25. The van der Waals surface area contributed by atoms with Crippen LogP contribution in [-0.4, -0.2) is 22.5 Å². The summed E-state index contributed by atoms with van der Waals surface area (Å²) in [5.41, 5.74) is 2.53. The minimum atomic E-state index is -0.708. The van der Waals surface area contributed by atoms with Gasteiger partial charge in [-0.2, -0.15) is 11.3 Å². The molecular formula is C14H12N2O3S2. The molecule has 1 atom stereocenters. The maximum atomic E-state index is 12.1. The molecule has 0 radical (unpaired) electrons. The lowest BCUT2D eigenvalue weighted by molar-refractivity contribution is 0.0916. The van der Waals surface area contributed by atoms with Crippen molar-refractivity contribution in [2.24, 2.45) is 0 Å². The number of thiophene rings is 1. The zero-order chi connectivity index (χ0) is 14.8. The number of oxazole rings is 1. The van der Waals surface area contributed by atoms with E-state index in [4.69, 9.17) is 16.6 Å². The summed E-state index contributed by atoms with van der Waals surface area (Å²) < 4.78 is 5.27. The number of benzene rings is 1. The molecule has 21 heavy (non-hydrogen) atoms. The van der Waals surface area contributed by atoms with Crippen molar-refractivity contribution < 1.29 is 14.3 Å².